The first-order valence-electron chi connectivity index (χ1n) is 11.9. The molecule has 1 saturated heterocycles. The molecule has 0 amide bonds. The van der Waals surface area contributed by atoms with Crippen LogP contribution in [0.15, 0.2) is 47.4 Å². The Balaban J connectivity index is 1.73. The minimum Gasteiger partial charge on any atom is -0.381 e. The van der Waals surface area contributed by atoms with Crippen LogP contribution in [-0.2, 0) is 20.2 Å². The maximum atomic E-state index is 13.3. The second kappa shape index (κ2) is 9.91. The second-order valence-corrected chi connectivity index (χ2v) is 12.4. The molecule has 1 aliphatic heterocycles. The lowest BCUT2D eigenvalue weighted by atomic mass is 9.87. The molecule has 1 aromatic heterocycles. The predicted molar refractivity (Wildman–Crippen MR) is 140 cm³/mol. The van der Waals surface area contributed by atoms with Crippen molar-refractivity contribution in [1.29, 1.82) is 0 Å². The normalized spacial score (nSPS) is 15.5. The van der Waals surface area contributed by atoms with Gasteiger partial charge in [-0.3, -0.25) is 4.72 Å². The fourth-order valence-corrected chi connectivity index (χ4v) is 5.61. The molecule has 0 saturated carbocycles. The molecule has 9 heteroatoms. The minimum atomic E-state index is -3.83. The number of halogens is 1. The molecule has 1 fully saturated rings. The van der Waals surface area contributed by atoms with E-state index in [9.17, 15) is 8.42 Å². The van der Waals surface area contributed by atoms with E-state index >= 15 is 0 Å². The molecule has 4 rings (SSSR count). The van der Waals surface area contributed by atoms with Gasteiger partial charge in [-0.1, -0.05) is 44.5 Å². The molecule has 1 aliphatic rings. The van der Waals surface area contributed by atoms with Gasteiger partial charge in [0.25, 0.3) is 10.0 Å². The zero-order chi connectivity index (χ0) is 25.4. The highest BCUT2D eigenvalue weighted by Crippen LogP contribution is 2.36. The van der Waals surface area contributed by atoms with Crippen LogP contribution in [0.3, 0.4) is 0 Å². The average Bonchev–Trinajstić information content (AvgIpc) is 3.26. The van der Waals surface area contributed by atoms with Crippen molar-refractivity contribution < 1.29 is 13.2 Å². The third-order valence-electron chi connectivity index (χ3n) is 6.32. The molecule has 0 aliphatic carbocycles. The van der Waals surface area contributed by atoms with Gasteiger partial charge in [-0.15, -0.1) is 10.2 Å². The maximum absolute atomic E-state index is 13.3. The van der Waals surface area contributed by atoms with Crippen molar-refractivity contribution >= 4 is 27.3 Å². The number of sulfonamides is 1. The van der Waals surface area contributed by atoms with Crippen molar-refractivity contribution in [2.75, 3.05) is 17.9 Å². The highest BCUT2D eigenvalue weighted by Gasteiger charge is 2.27. The number of hydrogen-bond acceptors (Lipinski definition) is 5. The largest absolute Gasteiger partial charge is 0.381 e. The zero-order valence-corrected chi connectivity index (χ0v) is 22.4. The molecular formula is C26H33ClN4O3S. The highest BCUT2D eigenvalue weighted by molar-refractivity contribution is 7.92. The number of rotatable bonds is 6. The predicted octanol–water partition coefficient (Wildman–Crippen LogP) is 6.17. The molecule has 0 atom stereocenters. The van der Waals surface area contributed by atoms with Gasteiger partial charge in [-0.2, -0.15) is 0 Å². The molecule has 2 aromatic carbocycles. The summed E-state index contributed by atoms with van der Waals surface area (Å²) in [5, 5.41) is 9.53. The number of benzene rings is 2. The molecule has 3 aromatic rings. The van der Waals surface area contributed by atoms with Gasteiger partial charge in [0.15, 0.2) is 5.82 Å². The highest BCUT2D eigenvalue weighted by atomic mass is 35.5. The van der Waals surface area contributed by atoms with Gasteiger partial charge in [-0.25, -0.2) is 8.42 Å². The summed E-state index contributed by atoms with van der Waals surface area (Å²) in [5.41, 5.74) is 1.99. The lowest BCUT2D eigenvalue weighted by Crippen LogP contribution is -2.19. The third-order valence-corrected chi connectivity index (χ3v) is 7.94. The average molecular weight is 517 g/mol. The van der Waals surface area contributed by atoms with E-state index in [-0.39, 0.29) is 22.3 Å². The third kappa shape index (κ3) is 5.55. The topological polar surface area (TPSA) is 86.1 Å². The Morgan fingerprint density at radius 1 is 1.06 bits per heavy atom. The molecule has 7 nitrogen and oxygen atoms in total. The molecular weight excluding hydrogens is 484 g/mol. The number of aromatic nitrogens is 3. The Morgan fingerprint density at radius 3 is 2.31 bits per heavy atom. The van der Waals surface area contributed by atoms with Crippen LogP contribution in [-0.4, -0.2) is 36.4 Å². The van der Waals surface area contributed by atoms with Gasteiger partial charge in [0, 0.05) is 35.8 Å². The summed E-state index contributed by atoms with van der Waals surface area (Å²) in [7, 11) is -3.83. The van der Waals surface area contributed by atoms with Crippen molar-refractivity contribution in [3.63, 3.8) is 0 Å². The SMILES string of the molecule is CC(C)n1c(-c2cc(Cl)ccc2NS(=O)(=O)c2ccc(C(C)(C)C)cc2)nnc1C1CCOCC1. The van der Waals surface area contributed by atoms with Gasteiger partial charge in [0.05, 0.1) is 10.6 Å². The van der Waals surface area contributed by atoms with Crippen LogP contribution in [0.25, 0.3) is 11.4 Å². The lowest BCUT2D eigenvalue weighted by Gasteiger charge is -2.24. The van der Waals surface area contributed by atoms with E-state index < -0.39 is 10.0 Å². The molecule has 0 spiro atoms. The van der Waals surface area contributed by atoms with Crippen LogP contribution in [0.4, 0.5) is 5.69 Å². The summed E-state index contributed by atoms with van der Waals surface area (Å²) < 4.78 is 37.0. The Hall–Kier alpha value is -2.42. The molecule has 0 radical (unpaired) electrons. The van der Waals surface area contributed by atoms with E-state index in [2.05, 4.69) is 54.1 Å². The standard InChI is InChI=1S/C26H33ClN4O3S/c1-17(2)31-24(18-12-14-34-15-13-18)28-29-25(31)22-16-20(27)8-11-23(22)30-35(32,33)21-9-6-19(7-10-21)26(3,4)5/h6-11,16-18,30H,12-15H2,1-5H3. The first-order valence-corrected chi connectivity index (χ1v) is 13.8. The lowest BCUT2D eigenvalue weighted by molar-refractivity contribution is 0.0825. The van der Waals surface area contributed by atoms with Gasteiger partial charge in [0.1, 0.15) is 5.82 Å². The van der Waals surface area contributed by atoms with Crippen LogP contribution in [0.2, 0.25) is 5.02 Å². The Labute approximate surface area is 212 Å². The number of ether oxygens (including phenoxy) is 1. The molecule has 0 bridgehead atoms. The Kier molecular flexibility index (Phi) is 7.27. The summed E-state index contributed by atoms with van der Waals surface area (Å²) in [6, 6.07) is 12.1. The molecule has 35 heavy (non-hydrogen) atoms. The Morgan fingerprint density at radius 2 is 1.71 bits per heavy atom. The number of hydrogen-bond donors (Lipinski definition) is 1. The number of nitrogens with zero attached hydrogens (tertiary/aromatic N) is 3. The van der Waals surface area contributed by atoms with E-state index in [1.807, 2.05) is 12.1 Å². The van der Waals surface area contributed by atoms with Crippen molar-refractivity contribution in [1.82, 2.24) is 14.8 Å². The summed E-state index contributed by atoms with van der Waals surface area (Å²) >= 11 is 6.35. The minimum absolute atomic E-state index is 0.0673. The summed E-state index contributed by atoms with van der Waals surface area (Å²) in [5.74, 6) is 1.72. The van der Waals surface area contributed by atoms with Crippen LogP contribution in [0, 0.1) is 0 Å². The summed E-state index contributed by atoms with van der Waals surface area (Å²) in [4.78, 5) is 0.194. The quantitative estimate of drug-likeness (QED) is 0.423. The van der Waals surface area contributed by atoms with Gasteiger partial charge in [0.2, 0.25) is 0 Å². The van der Waals surface area contributed by atoms with E-state index in [4.69, 9.17) is 16.3 Å². The molecule has 188 valence electrons. The van der Waals surface area contributed by atoms with Crippen LogP contribution < -0.4 is 4.72 Å². The summed E-state index contributed by atoms with van der Waals surface area (Å²) in [6.45, 7) is 11.8. The maximum Gasteiger partial charge on any atom is 0.261 e. The fourth-order valence-electron chi connectivity index (χ4n) is 4.36. The van der Waals surface area contributed by atoms with Crippen molar-refractivity contribution in [2.45, 2.75) is 69.7 Å². The first-order chi connectivity index (χ1) is 16.5. The van der Waals surface area contributed by atoms with Gasteiger partial charge < -0.3 is 9.30 Å². The Bertz CT molecular complexity index is 1290. The monoisotopic (exact) mass is 516 g/mol. The fraction of sp³-hybridized carbons (Fsp3) is 0.462. The first kappa shape index (κ1) is 25.7. The van der Waals surface area contributed by atoms with Crippen molar-refractivity contribution in [3.05, 3.63) is 58.9 Å². The zero-order valence-electron chi connectivity index (χ0n) is 20.9. The van der Waals surface area contributed by atoms with Crippen LogP contribution in [0.5, 0.6) is 0 Å². The smallest absolute Gasteiger partial charge is 0.261 e. The number of anilines is 1. The molecule has 1 N–H and O–H groups in total. The van der Waals surface area contributed by atoms with E-state index in [0.29, 0.717) is 35.3 Å². The van der Waals surface area contributed by atoms with Crippen molar-refractivity contribution in [2.24, 2.45) is 0 Å². The van der Waals surface area contributed by atoms with Crippen LogP contribution in [0.1, 0.15) is 70.8 Å². The van der Waals surface area contributed by atoms with Gasteiger partial charge in [-0.05, 0) is 68.0 Å². The van der Waals surface area contributed by atoms with E-state index in [0.717, 1.165) is 24.2 Å². The van der Waals surface area contributed by atoms with Crippen LogP contribution >= 0.6 is 11.6 Å². The van der Waals surface area contributed by atoms with Gasteiger partial charge >= 0.3 is 0 Å². The number of nitrogens with one attached hydrogen (secondary N) is 1. The molecule has 0 unspecified atom stereocenters. The molecule has 2 heterocycles. The van der Waals surface area contributed by atoms with E-state index in [1.165, 1.54) is 0 Å². The van der Waals surface area contributed by atoms with E-state index in [1.54, 1.807) is 30.3 Å². The van der Waals surface area contributed by atoms with Crippen molar-refractivity contribution in [3.8, 4) is 11.4 Å². The second-order valence-electron chi connectivity index (χ2n) is 10.3. The summed E-state index contributed by atoms with van der Waals surface area (Å²) in [6.07, 6.45) is 1.76.